The molecule has 0 atom stereocenters. The van der Waals surface area contributed by atoms with Crippen LogP contribution in [-0.2, 0) is 16.6 Å². The zero-order valence-electron chi connectivity index (χ0n) is 11.0. The number of anilines is 1. The van der Waals surface area contributed by atoms with E-state index in [-0.39, 0.29) is 9.88 Å². The number of pyridine rings is 1. The van der Waals surface area contributed by atoms with E-state index < -0.39 is 10.0 Å². The minimum absolute atomic E-state index is 0.0800. The number of hydrogen-bond donors (Lipinski definition) is 3. The zero-order valence-corrected chi connectivity index (χ0v) is 12.6. The summed E-state index contributed by atoms with van der Waals surface area (Å²) in [6.45, 7) is 0.478. The van der Waals surface area contributed by atoms with Crippen molar-refractivity contribution < 1.29 is 8.42 Å². The van der Waals surface area contributed by atoms with Crippen LogP contribution < -0.4 is 16.2 Å². The van der Waals surface area contributed by atoms with E-state index in [9.17, 15) is 8.42 Å². The maximum absolute atomic E-state index is 11.2. The van der Waals surface area contributed by atoms with Crippen LogP contribution in [0.4, 0.5) is 5.69 Å². The first kappa shape index (κ1) is 15.4. The second kappa shape index (κ2) is 6.17. The second-order valence-electron chi connectivity index (χ2n) is 4.33. The van der Waals surface area contributed by atoms with Crippen molar-refractivity contribution in [2.75, 3.05) is 5.32 Å². The Morgan fingerprint density at radius 2 is 1.90 bits per heavy atom. The lowest BCUT2D eigenvalue weighted by atomic mass is 10.2. The Balaban J connectivity index is 2.12. The number of nitrogens with one attached hydrogen (secondary N) is 1. The highest BCUT2D eigenvalue weighted by Gasteiger charge is 2.07. The van der Waals surface area contributed by atoms with Gasteiger partial charge in [-0.15, -0.1) is 0 Å². The van der Waals surface area contributed by atoms with Crippen molar-refractivity contribution >= 4 is 32.9 Å². The molecular weight excluding hydrogens is 308 g/mol. The predicted octanol–water partition coefficient (Wildman–Crippen LogP) is 0.975. The lowest BCUT2D eigenvalue weighted by Gasteiger charge is -2.10. The number of nitrogens with zero attached hydrogens (tertiary/aromatic N) is 1. The molecule has 0 saturated carbocycles. The van der Waals surface area contributed by atoms with E-state index in [1.54, 1.807) is 30.6 Å². The van der Waals surface area contributed by atoms with Crippen LogP contribution in [0.2, 0.25) is 0 Å². The highest BCUT2D eigenvalue weighted by molar-refractivity contribution is 7.89. The molecule has 21 heavy (non-hydrogen) atoms. The summed E-state index contributed by atoms with van der Waals surface area (Å²) in [6.07, 6.45) is 3.24. The van der Waals surface area contributed by atoms with E-state index in [0.29, 0.717) is 12.1 Å². The molecule has 0 aliphatic heterocycles. The average molecular weight is 322 g/mol. The van der Waals surface area contributed by atoms with Crippen molar-refractivity contribution in [3.63, 3.8) is 0 Å². The van der Waals surface area contributed by atoms with Gasteiger partial charge < -0.3 is 11.1 Å². The molecule has 6 nitrogen and oxygen atoms in total. The number of benzene rings is 1. The van der Waals surface area contributed by atoms with Crippen LogP contribution in [0.5, 0.6) is 0 Å². The van der Waals surface area contributed by atoms with Crippen molar-refractivity contribution in [3.05, 3.63) is 53.9 Å². The largest absolute Gasteiger partial charge is 0.389 e. The third-order valence-electron chi connectivity index (χ3n) is 2.82. The van der Waals surface area contributed by atoms with E-state index in [4.69, 9.17) is 23.1 Å². The third kappa shape index (κ3) is 3.97. The lowest BCUT2D eigenvalue weighted by Crippen LogP contribution is -2.14. The summed E-state index contributed by atoms with van der Waals surface area (Å²) in [7, 11) is -3.67. The first-order valence-corrected chi connectivity index (χ1v) is 7.93. The molecule has 5 N–H and O–H groups in total. The van der Waals surface area contributed by atoms with Gasteiger partial charge in [-0.05, 0) is 23.8 Å². The Bertz CT molecular complexity index is 758. The van der Waals surface area contributed by atoms with Crippen molar-refractivity contribution in [3.8, 4) is 0 Å². The summed E-state index contributed by atoms with van der Waals surface area (Å²) in [4.78, 5) is 4.37. The fraction of sp³-hybridized carbons (Fsp3) is 0.0769. The van der Waals surface area contributed by atoms with E-state index in [2.05, 4.69) is 10.3 Å². The highest BCUT2D eigenvalue weighted by Crippen LogP contribution is 2.15. The third-order valence-corrected chi connectivity index (χ3v) is 3.97. The van der Waals surface area contributed by atoms with Gasteiger partial charge in [0.15, 0.2) is 0 Å². The molecular formula is C13H14N4O2S2. The summed E-state index contributed by atoms with van der Waals surface area (Å²) < 4.78 is 22.3. The van der Waals surface area contributed by atoms with Crippen molar-refractivity contribution in [1.82, 2.24) is 4.98 Å². The van der Waals surface area contributed by atoms with Crippen LogP contribution in [0.15, 0.2) is 47.6 Å². The number of thiocarbonyl (C=S) groups is 1. The van der Waals surface area contributed by atoms with Gasteiger partial charge in [0.25, 0.3) is 0 Å². The summed E-state index contributed by atoms with van der Waals surface area (Å²) in [6, 6.07) is 8.02. The molecule has 0 aliphatic rings. The van der Waals surface area contributed by atoms with Gasteiger partial charge in [0.1, 0.15) is 4.99 Å². The average Bonchev–Trinajstić information content (AvgIpc) is 2.45. The molecule has 2 rings (SSSR count). The van der Waals surface area contributed by atoms with Crippen LogP contribution in [0.1, 0.15) is 11.1 Å². The Hall–Kier alpha value is -2.03. The molecule has 0 spiro atoms. The van der Waals surface area contributed by atoms with Gasteiger partial charge in [-0.25, -0.2) is 13.6 Å². The Labute approximate surface area is 128 Å². The van der Waals surface area contributed by atoms with Gasteiger partial charge in [-0.3, -0.25) is 4.98 Å². The molecule has 1 heterocycles. The van der Waals surface area contributed by atoms with E-state index in [1.807, 2.05) is 0 Å². The maximum Gasteiger partial charge on any atom is 0.238 e. The zero-order chi connectivity index (χ0) is 15.5. The SMILES string of the molecule is NC(=S)c1ccncc1NCc1ccc(S(N)(=O)=O)cc1. The molecule has 110 valence electrons. The van der Waals surface area contributed by atoms with Gasteiger partial charge in [-0.2, -0.15) is 0 Å². The summed E-state index contributed by atoms with van der Waals surface area (Å²) in [5, 5.41) is 8.20. The van der Waals surface area contributed by atoms with Crippen LogP contribution in [0.25, 0.3) is 0 Å². The van der Waals surface area contributed by atoms with Crippen LogP contribution in [0, 0.1) is 0 Å². The van der Waals surface area contributed by atoms with Crippen LogP contribution in [-0.4, -0.2) is 18.4 Å². The first-order valence-electron chi connectivity index (χ1n) is 5.97. The standard InChI is InChI=1S/C13H14N4O2S2/c14-13(20)11-5-6-16-8-12(11)17-7-9-1-3-10(4-2-9)21(15,18)19/h1-6,8,17H,7H2,(H2,14,20)(H2,15,18,19). The quantitative estimate of drug-likeness (QED) is 0.708. The van der Waals surface area contributed by atoms with E-state index in [1.165, 1.54) is 12.1 Å². The number of primary sulfonamides is 1. The number of hydrogen-bond acceptors (Lipinski definition) is 5. The topological polar surface area (TPSA) is 111 Å². The molecule has 0 amide bonds. The molecule has 8 heteroatoms. The predicted molar refractivity (Wildman–Crippen MR) is 85.3 cm³/mol. The van der Waals surface area contributed by atoms with E-state index >= 15 is 0 Å². The molecule has 1 aromatic heterocycles. The minimum atomic E-state index is -3.67. The molecule has 0 aliphatic carbocycles. The maximum atomic E-state index is 11.2. The van der Waals surface area contributed by atoms with Gasteiger partial charge >= 0.3 is 0 Å². The molecule has 0 saturated heterocycles. The highest BCUT2D eigenvalue weighted by atomic mass is 32.2. The van der Waals surface area contributed by atoms with Gasteiger partial charge in [-0.1, -0.05) is 24.4 Å². The Morgan fingerprint density at radius 1 is 1.24 bits per heavy atom. The van der Waals surface area contributed by atoms with E-state index in [0.717, 1.165) is 11.3 Å². The number of aromatic nitrogens is 1. The minimum Gasteiger partial charge on any atom is -0.389 e. The molecule has 0 bridgehead atoms. The summed E-state index contributed by atoms with van der Waals surface area (Å²) in [5.41, 5.74) is 7.96. The Kier molecular flexibility index (Phi) is 4.51. The van der Waals surface area contributed by atoms with Gasteiger partial charge in [0.2, 0.25) is 10.0 Å². The summed E-state index contributed by atoms with van der Waals surface area (Å²) >= 11 is 4.97. The smallest absolute Gasteiger partial charge is 0.238 e. The van der Waals surface area contributed by atoms with Crippen molar-refractivity contribution in [2.45, 2.75) is 11.4 Å². The molecule has 0 fully saturated rings. The summed E-state index contributed by atoms with van der Waals surface area (Å²) in [5.74, 6) is 0. The number of rotatable bonds is 5. The second-order valence-corrected chi connectivity index (χ2v) is 6.33. The lowest BCUT2D eigenvalue weighted by molar-refractivity contribution is 0.598. The molecule has 1 aromatic carbocycles. The number of sulfonamides is 1. The normalized spacial score (nSPS) is 11.1. The van der Waals surface area contributed by atoms with Crippen LogP contribution >= 0.6 is 12.2 Å². The van der Waals surface area contributed by atoms with Gasteiger partial charge in [0, 0.05) is 18.3 Å². The Morgan fingerprint density at radius 3 is 2.48 bits per heavy atom. The van der Waals surface area contributed by atoms with Crippen molar-refractivity contribution in [1.29, 1.82) is 0 Å². The molecule has 2 aromatic rings. The number of nitrogens with two attached hydrogens (primary N) is 2. The first-order chi connectivity index (χ1) is 9.88. The molecule has 0 unspecified atom stereocenters. The molecule has 0 radical (unpaired) electrons. The van der Waals surface area contributed by atoms with Gasteiger partial charge in [0.05, 0.1) is 16.8 Å². The monoisotopic (exact) mass is 322 g/mol. The fourth-order valence-corrected chi connectivity index (χ4v) is 2.44. The fourth-order valence-electron chi connectivity index (χ4n) is 1.74. The van der Waals surface area contributed by atoms with Crippen LogP contribution in [0.3, 0.4) is 0 Å². The van der Waals surface area contributed by atoms with Crippen molar-refractivity contribution in [2.24, 2.45) is 10.9 Å².